The van der Waals surface area contributed by atoms with Crippen LogP contribution in [0.3, 0.4) is 0 Å². The van der Waals surface area contributed by atoms with Crippen LogP contribution in [0.25, 0.3) is 0 Å². The maximum Gasteiger partial charge on any atom is 0.303 e. The molecular weight excluding hydrogens is 422 g/mol. The molecule has 4 atom stereocenters. The van der Waals surface area contributed by atoms with Crippen LogP contribution in [0.5, 0.6) is 0 Å². The number of anilines is 2. The van der Waals surface area contributed by atoms with E-state index in [1.807, 2.05) is 0 Å². The molecule has 1 spiro atoms. The van der Waals surface area contributed by atoms with E-state index < -0.39 is 47.1 Å². The van der Waals surface area contributed by atoms with Gasteiger partial charge in [0.25, 0.3) is 0 Å². The minimum atomic E-state index is -1.43. The number of carbonyl (C=O) groups is 4. The number of nitrogens with one attached hydrogen (secondary N) is 2. The first-order valence-corrected chi connectivity index (χ1v) is 10.3. The van der Waals surface area contributed by atoms with Crippen molar-refractivity contribution < 1.29 is 24.3 Å². The summed E-state index contributed by atoms with van der Waals surface area (Å²) in [7, 11) is 0. The molecule has 3 N–H and O–H groups in total. The Balaban J connectivity index is 1.64. The van der Waals surface area contributed by atoms with E-state index in [1.54, 1.807) is 48.5 Å². The zero-order valence-electron chi connectivity index (χ0n) is 16.2. The van der Waals surface area contributed by atoms with Gasteiger partial charge in [0.05, 0.1) is 17.5 Å². The Bertz CT molecular complexity index is 1130. The number of carboxylic acid groups (broad SMARTS) is 1. The van der Waals surface area contributed by atoms with Gasteiger partial charge in [-0.05, 0) is 36.8 Å². The Morgan fingerprint density at radius 2 is 1.77 bits per heavy atom. The Labute approximate surface area is 182 Å². The Morgan fingerprint density at radius 3 is 2.48 bits per heavy atom. The number of imide groups is 1. The average molecular weight is 440 g/mol. The molecule has 0 unspecified atom stereocenters. The zero-order valence-corrected chi connectivity index (χ0v) is 16.9. The summed E-state index contributed by atoms with van der Waals surface area (Å²) < 4.78 is 0. The lowest BCUT2D eigenvalue weighted by Crippen LogP contribution is -2.53. The first-order valence-electron chi connectivity index (χ1n) is 9.88. The molecule has 0 radical (unpaired) electrons. The van der Waals surface area contributed by atoms with E-state index in [2.05, 4.69) is 10.6 Å². The topological polar surface area (TPSA) is 116 Å². The second-order valence-electron chi connectivity index (χ2n) is 7.98. The third kappa shape index (κ3) is 2.72. The second kappa shape index (κ2) is 6.90. The smallest absolute Gasteiger partial charge is 0.303 e. The fraction of sp³-hybridized carbons (Fsp3) is 0.273. The van der Waals surface area contributed by atoms with E-state index in [1.165, 1.54) is 0 Å². The Hall–Kier alpha value is -3.23. The first kappa shape index (κ1) is 19.7. The molecule has 3 aliphatic rings. The van der Waals surface area contributed by atoms with Gasteiger partial charge < -0.3 is 10.4 Å². The van der Waals surface area contributed by atoms with E-state index in [9.17, 15) is 24.3 Å². The molecule has 3 aliphatic heterocycles. The minimum absolute atomic E-state index is 0.112. The van der Waals surface area contributed by atoms with Crippen LogP contribution < -0.4 is 15.5 Å². The number of para-hydroxylation sites is 1. The van der Waals surface area contributed by atoms with Gasteiger partial charge in [0, 0.05) is 28.7 Å². The van der Waals surface area contributed by atoms with E-state index in [4.69, 9.17) is 11.6 Å². The number of hydrogen-bond donors (Lipinski definition) is 3. The highest BCUT2D eigenvalue weighted by Crippen LogP contribution is 2.54. The Morgan fingerprint density at radius 1 is 1.06 bits per heavy atom. The normalized spacial score (nSPS) is 28.7. The van der Waals surface area contributed by atoms with E-state index in [0.717, 1.165) is 4.90 Å². The predicted octanol–water partition coefficient (Wildman–Crippen LogP) is 2.13. The van der Waals surface area contributed by atoms with Crippen molar-refractivity contribution in [2.45, 2.75) is 24.4 Å². The molecular formula is C22H18ClN3O5. The zero-order chi connectivity index (χ0) is 21.9. The molecule has 2 fully saturated rings. The molecule has 2 aromatic rings. The van der Waals surface area contributed by atoms with Gasteiger partial charge in [-0.3, -0.25) is 24.5 Å². The third-order valence-corrected chi connectivity index (χ3v) is 6.63. The van der Waals surface area contributed by atoms with Crippen molar-refractivity contribution in [2.24, 2.45) is 11.8 Å². The summed E-state index contributed by atoms with van der Waals surface area (Å²) in [5.41, 5.74) is 0.0978. The number of amides is 3. The number of hydrogen-bond acceptors (Lipinski definition) is 5. The van der Waals surface area contributed by atoms with Crippen LogP contribution in [-0.2, 0) is 24.7 Å². The largest absolute Gasteiger partial charge is 0.481 e. The molecule has 158 valence electrons. The van der Waals surface area contributed by atoms with Crippen LogP contribution in [0.2, 0.25) is 5.02 Å². The molecule has 9 heteroatoms. The summed E-state index contributed by atoms with van der Waals surface area (Å²) in [6.45, 7) is 0. The SMILES string of the molecule is O=C(O)CC[C@@H]1N[C@]2(C(=O)Nc3ccccc32)[C@H]2C(=O)N(c3ccc(Cl)cc3)C(=O)[C@@H]12. The highest BCUT2D eigenvalue weighted by atomic mass is 35.5. The number of fused-ring (bicyclic) bond motifs is 4. The van der Waals surface area contributed by atoms with Gasteiger partial charge >= 0.3 is 5.97 Å². The van der Waals surface area contributed by atoms with Crippen LogP contribution in [0, 0.1) is 11.8 Å². The number of benzene rings is 2. The molecule has 31 heavy (non-hydrogen) atoms. The maximum atomic E-state index is 13.6. The molecule has 3 heterocycles. The second-order valence-corrected chi connectivity index (χ2v) is 8.42. The molecule has 2 aromatic carbocycles. The van der Waals surface area contributed by atoms with Crippen molar-refractivity contribution in [3.8, 4) is 0 Å². The van der Waals surface area contributed by atoms with Crippen molar-refractivity contribution in [3.63, 3.8) is 0 Å². The summed E-state index contributed by atoms with van der Waals surface area (Å²) >= 11 is 5.95. The van der Waals surface area contributed by atoms with Crippen molar-refractivity contribution in [1.82, 2.24) is 5.32 Å². The summed E-state index contributed by atoms with van der Waals surface area (Å²) in [6.07, 6.45) is -0.0795. The quantitative estimate of drug-likeness (QED) is 0.628. The first-order chi connectivity index (χ1) is 14.8. The van der Waals surface area contributed by atoms with E-state index >= 15 is 0 Å². The Kier molecular flexibility index (Phi) is 4.39. The number of carbonyl (C=O) groups excluding carboxylic acids is 3. The van der Waals surface area contributed by atoms with Crippen LogP contribution in [0.1, 0.15) is 18.4 Å². The van der Waals surface area contributed by atoms with E-state index in [0.29, 0.717) is 22.0 Å². The molecule has 8 nitrogen and oxygen atoms in total. The van der Waals surface area contributed by atoms with Gasteiger partial charge in [0.15, 0.2) is 0 Å². The molecule has 5 rings (SSSR count). The average Bonchev–Trinajstić information content (AvgIpc) is 3.32. The van der Waals surface area contributed by atoms with Crippen molar-refractivity contribution in [3.05, 3.63) is 59.1 Å². The fourth-order valence-corrected chi connectivity index (χ4v) is 5.26. The summed E-state index contributed by atoms with van der Waals surface area (Å²) in [5, 5.41) is 15.7. The highest BCUT2D eigenvalue weighted by molar-refractivity contribution is 6.31. The number of nitrogens with zero attached hydrogens (tertiary/aromatic N) is 1. The monoisotopic (exact) mass is 439 g/mol. The number of carboxylic acids is 1. The van der Waals surface area contributed by atoms with Gasteiger partial charge in [-0.2, -0.15) is 0 Å². The van der Waals surface area contributed by atoms with Gasteiger partial charge in [0.2, 0.25) is 17.7 Å². The lowest BCUT2D eigenvalue weighted by Gasteiger charge is -2.29. The van der Waals surface area contributed by atoms with Crippen LogP contribution >= 0.6 is 11.6 Å². The van der Waals surface area contributed by atoms with Gasteiger partial charge in [-0.25, -0.2) is 4.90 Å². The van der Waals surface area contributed by atoms with Gasteiger partial charge in [-0.15, -0.1) is 0 Å². The third-order valence-electron chi connectivity index (χ3n) is 6.38. The molecule has 2 saturated heterocycles. The minimum Gasteiger partial charge on any atom is -0.481 e. The lowest BCUT2D eigenvalue weighted by atomic mass is 9.76. The molecule has 0 bridgehead atoms. The molecule has 0 aliphatic carbocycles. The number of aliphatic carboxylic acids is 1. The summed E-state index contributed by atoms with van der Waals surface area (Å²) in [4.78, 5) is 52.6. The number of rotatable bonds is 4. The fourth-order valence-electron chi connectivity index (χ4n) is 5.13. The lowest BCUT2D eigenvalue weighted by molar-refractivity contribution is -0.137. The predicted molar refractivity (Wildman–Crippen MR) is 111 cm³/mol. The van der Waals surface area contributed by atoms with Crippen LogP contribution in [0.4, 0.5) is 11.4 Å². The van der Waals surface area contributed by atoms with E-state index in [-0.39, 0.29) is 12.8 Å². The molecule has 3 amide bonds. The number of halogens is 1. The summed E-state index contributed by atoms with van der Waals surface area (Å²) in [5.74, 6) is -4.22. The molecule has 0 aromatic heterocycles. The van der Waals surface area contributed by atoms with Gasteiger partial charge in [-0.1, -0.05) is 29.8 Å². The maximum absolute atomic E-state index is 13.6. The summed E-state index contributed by atoms with van der Waals surface area (Å²) in [6, 6.07) is 12.7. The standard InChI is InChI=1S/C22H18ClN3O5/c23-11-5-7-12(8-6-11)26-19(29)17-15(9-10-16(27)28)25-22(18(17)20(26)30)13-3-1-2-4-14(13)24-21(22)31/h1-8,15,17-18,25H,9-10H2,(H,24,31)(H,27,28)/t15-,17-,18+,22-/m0/s1. The van der Waals surface area contributed by atoms with Gasteiger partial charge in [0.1, 0.15) is 5.54 Å². The van der Waals surface area contributed by atoms with Crippen LogP contribution in [0.15, 0.2) is 48.5 Å². The highest BCUT2D eigenvalue weighted by Gasteiger charge is 2.70. The van der Waals surface area contributed by atoms with Crippen LogP contribution in [-0.4, -0.2) is 34.8 Å². The van der Waals surface area contributed by atoms with Crippen molar-refractivity contribution in [1.29, 1.82) is 0 Å². The van der Waals surface area contributed by atoms with Crippen molar-refractivity contribution in [2.75, 3.05) is 10.2 Å². The van der Waals surface area contributed by atoms with Crippen molar-refractivity contribution >= 4 is 46.7 Å². The molecule has 0 saturated carbocycles.